The van der Waals surface area contributed by atoms with E-state index in [1.54, 1.807) is 26.8 Å². The number of sulfonamides is 1. The number of aliphatic carboxylic acids is 2. The maximum Gasteiger partial charge on any atom is 0.326 e. The molecule has 1 aromatic carbocycles. The molecule has 2 aromatic heterocycles. The number of anilines is 2. The zero-order valence-electron chi connectivity index (χ0n) is 22.3. The van der Waals surface area contributed by atoms with Gasteiger partial charge in [0.15, 0.2) is 0 Å². The van der Waals surface area contributed by atoms with Crippen molar-refractivity contribution in [1.82, 2.24) is 10.5 Å². The molecule has 13 nitrogen and oxygen atoms in total. The molecule has 220 valence electrons. The van der Waals surface area contributed by atoms with E-state index < -0.39 is 46.2 Å². The van der Waals surface area contributed by atoms with Gasteiger partial charge in [0.25, 0.3) is 21.8 Å². The Balaban J connectivity index is 1.84. The highest BCUT2D eigenvalue weighted by molar-refractivity contribution is 7.93. The number of nitrogens with one attached hydrogen (secondary N) is 3. The standard InChI is InChI=1S/C25H27ClN4O9S2/c1-11-9-12(2)21(13(3)15(11)10-18(31)27-16(25(35)36)5-6-19(32)33)28-23(34)22-17(7-8-40-22)41(37,38)30-24-20(26)14(4)29-39-24/h7-9,16,30H,5-6,10H2,1-4H3,(H,27,31)(H,28,34)(H,32,33)(H,35,36)/t16-/m0/s1. The molecule has 16 heteroatoms. The molecule has 0 fully saturated rings. The average Bonchev–Trinajstić information content (AvgIpc) is 3.50. The van der Waals surface area contributed by atoms with Crippen LogP contribution in [0, 0.1) is 27.7 Å². The molecular formula is C25H27ClN4O9S2. The topological polar surface area (TPSA) is 205 Å². The number of nitrogens with zero attached hydrogens (tertiary/aromatic N) is 1. The van der Waals surface area contributed by atoms with Gasteiger partial charge in [0.05, 0.1) is 6.42 Å². The molecule has 3 rings (SSSR count). The predicted molar refractivity (Wildman–Crippen MR) is 150 cm³/mol. The average molecular weight is 627 g/mol. The molecule has 0 unspecified atom stereocenters. The Morgan fingerprint density at radius 1 is 1.12 bits per heavy atom. The van der Waals surface area contributed by atoms with Crippen molar-refractivity contribution in [2.45, 2.75) is 57.9 Å². The number of hydrogen-bond donors (Lipinski definition) is 5. The van der Waals surface area contributed by atoms with Crippen LogP contribution in [0.3, 0.4) is 0 Å². The van der Waals surface area contributed by atoms with E-state index in [9.17, 15) is 32.7 Å². The van der Waals surface area contributed by atoms with Gasteiger partial charge in [-0.25, -0.2) is 17.9 Å². The molecule has 0 saturated carbocycles. The summed E-state index contributed by atoms with van der Waals surface area (Å²) < 4.78 is 33.2. The third kappa shape index (κ3) is 7.42. The number of carboxylic acids is 2. The number of carboxylic acid groups (broad SMARTS) is 2. The van der Waals surface area contributed by atoms with Gasteiger partial charge in [0.1, 0.15) is 26.5 Å². The van der Waals surface area contributed by atoms with E-state index in [1.807, 2.05) is 0 Å². The van der Waals surface area contributed by atoms with Crippen molar-refractivity contribution in [3.8, 4) is 0 Å². The van der Waals surface area contributed by atoms with Gasteiger partial charge >= 0.3 is 11.9 Å². The van der Waals surface area contributed by atoms with Gasteiger partial charge in [-0.2, -0.15) is 0 Å². The quantitative estimate of drug-likeness (QED) is 0.197. The van der Waals surface area contributed by atoms with Gasteiger partial charge in [0.2, 0.25) is 5.91 Å². The van der Waals surface area contributed by atoms with Crippen molar-refractivity contribution in [2.75, 3.05) is 10.0 Å². The number of hydrogen-bond acceptors (Lipinski definition) is 9. The van der Waals surface area contributed by atoms with Gasteiger partial charge in [-0.3, -0.25) is 14.4 Å². The molecule has 0 aliphatic heterocycles. The lowest BCUT2D eigenvalue weighted by atomic mass is 9.94. The van der Waals surface area contributed by atoms with E-state index in [0.29, 0.717) is 27.9 Å². The summed E-state index contributed by atoms with van der Waals surface area (Å²) >= 11 is 6.91. The number of benzene rings is 1. The fourth-order valence-electron chi connectivity index (χ4n) is 4.07. The lowest BCUT2D eigenvalue weighted by Crippen LogP contribution is -2.42. The monoisotopic (exact) mass is 626 g/mol. The summed E-state index contributed by atoms with van der Waals surface area (Å²) in [6.07, 6.45) is -0.957. The number of halogens is 1. The molecule has 0 radical (unpaired) electrons. The summed E-state index contributed by atoms with van der Waals surface area (Å²) in [6.45, 7) is 6.67. The van der Waals surface area contributed by atoms with Crippen molar-refractivity contribution in [3.63, 3.8) is 0 Å². The summed E-state index contributed by atoms with van der Waals surface area (Å²) in [5.74, 6) is -4.20. The summed E-state index contributed by atoms with van der Waals surface area (Å²) in [7, 11) is -4.28. The number of rotatable bonds is 12. The van der Waals surface area contributed by atoms with Crippen LogP contribution >= 0.6 is 22.9 Å². The van der Waals surface area contributed by atoms with E-state index in [4.69, 9.17) is 21.2 Å². The third-order valence-corrected chi connectivity index (χ3v) is 8.99. The minimum absolute atomic E-state index is 0.0196. The highest BCUT2D eigenvalue weighted by Gasteiger charge is 2.28. The highest BCUT2D eigenvalue weighted by Crippen LogP contribution is 2.32. The van der Waals surface area contributed by atoms with Crippen molar-refractivity contribution >= 4 is 68.3 Å². The maximum atomic E-state index is 13.3. The van der Waals surface area contributed by atoms with E-state index in [0.717, 1.165) is 11.3 Å². The lowest BCUT2D eigenvalue weighted by molar-refractivity contribution is -0.143. The van der Waals surface area contributed by atoms with E-state index in [2.05, 4.69) is 20.5 Å². The number of aromatic nitrogens is 1. The fourth-order valence-corrected chi connectivity index (χ4v) is 6.56. The van der Waals surface area contributed by atoms with Crippen LogP contribution < -0.4 is 15.4 Å². The van der Waals surface area contributed by atoms with E-state index >= 15 is 0 Å². The molecule has 0 bridgehead atoms. The first-order valence-electron chi connectivity index (χ1n) is 12.0. The number of thiophene rings is 1. The predicted octanol–water partition coefficient (Wildman–Crippen LogP) is 3.65. The molecule has 41 heavy (non-hydrogen) atoms. The van der Waals surface area contributed by atoms with Crippen LogP contribution in [0.25, 0.3) is 0 Å². The smallest absolute Gasteiger partial charge is 0.326 e. The molecule has 0 aliphatic rings. The Morgan fingerprint density at radius 3 is 2.39 bits per heavy atom. The Morgan fingerprint density at radius 2 is 1.80 bits per heavy atom. The minimum atomic E-state index is -4.28. The van der Waals surface area contributed by atoms with Crippen LogP contribution in [0.4, 0.5) is 11.6 Å². The Labute approximate surface area is 243 Å². The van der Waals surface area contributed by atoms with E-state index in [-0.39, 0.29) is 39.2 Å². The molecular weight excluding hydrogens is 600 g/mol. The summed E-state index contributed by atoms with van der Waals surface area (Å²) in [5, 5.41) is 28.3. The molecule has 2 amide bonds. The first-order valence-corrected chi connectivity index (χ1v) is 14.7. The first-order chi connectivity index (χ1) is 19.1. The normalized spacial score (nSPS) is 12.0. The van der Waals surface area contributed by atoms with Crippen molar-refractivity contribution in [2.24, 2.45) is 0 Å². The SMILES string of the molecule is Cc1cc(C)c(NC(=O)c2sccc2S(=O)(=O)Nc2onc(C)c2Cl)c(C)c1CC(=O)N[C@@H](CCC(=O)O)C(=O)O. The number of amides is 2. The zero-order valence-corrected chi connectivity index (χ0v) is 24.7. The second-order valence-corrected chi connectivity index (χ2v) is 12.1. The van der Waals surface area contributed by atoms with Crippen LogP contribution in [0.1, 0.15) is 50.5 Å². The van der Waals surface area contributed by atoms with Crippen molar-refractivity contribution in [3.05, 3.63) is 55.4 Å². The second-order valence-electron chi connectivity index (χ2n) is 9.14. The third-order valence-electron chi connectivity index (χ3n) is 6.13. The largest absolute Gasteiger partial charge is 0.481 e. The highest BCUT2D eigenvalue weighted by atomic mass is 35.5. The van der Waals surface area contributed by atoms with Crippen LogP contribution in [-0.4, -0.2) is 53.6 Å². The second kappa shape index (κ2) is 12.7. The molecule has 1 atom stereocenters. The Bertz CT molecular complexity index is 1630. The van der Waals surface area contributed by atoms with Crippen molar-refractivity contribution < 1.29 is 42.3 Å². The minimum Gasteiger partial charge on any atom is -0.481 e. The number of aryl methyl sites for hydroxylation is 3. The maximum absolute atomic E-state index is 13.3. The summed E-state index contributed by atoms with van der Waals surface area (Å²) in [6, 6.07) is 1.60. The van der Waals surface area contributed by atoms with Gasteiger partial charge in [-0.05, 0) is 67.8 Å². The van der Waals surface area contributed by atoms with Gasteiger partial charge in [0, 0.05) is 12.1 Å². The van der Waals surface area contributed by atoms with Crippen LogP contribution in [0.2, 0.25) is 5.02 Å². The van der Waals surface area contributed by atoms with Crippen LogP contribution in [0.15, 0.2) is 26.9 Å². The molecule has 5 N–H and O–H groups in total. The van der Waals surface area contributed by atoms with Crippen LogP contribution in [0.5, 0.6) is 0 Å². The number of carbonyl (C=O) groups is 4. The molecule has 0 aliphatic carbocycles. The summed E-state index contributed by atoms with van der Waals surface area (Å²) in [4.78, 5) is 47.9. The molecule has 0 spiro atoms. The summed E-state index contributed by atoms with van der Waals surface area (Å²) in [5.41, 5.74) is 3.01. The fraction of sp³-hybridized carbons (Fsp3) is 0.320. The van der Waals surface area contributed by atoms with Crippen LogP contribution in [-0.2, 0) is 30.8 Å². The van der Waals surface area contributed by atoms with Crippen molar-refractivity contribution in [1.29, 1.82) is 0 Å². The first kappa shape index (κ1) is 31.6. The Kier molecular flexibility index (Phi) is 9.78. The Hall–Kier alpha value is -3.95. The van der Waals surface area contributed by atoms with Gasteiger partial charge in [-0.15, -0.1) is 11.3 Å². The molecule has 0 saturated heterocycles. The van der Waals surface area contributed by atoms with E-state index in [1.165, 1.54) is 18.4 Å². The molecule has 2 heterocycles. The number of carbonyl (C=O) groups excluding carboxylic acids is 2. The lowest BCUT2D eigenvalue weighted by Gasteiger charge is -2.19. The van der Waals surface area contributed by atoms with Gasteiger partial charge in [-0.1, -0.05) is 22.8 Å². The molecule has 3 aromatic rings. The van der Waals surface area contributed by atoms with Gasteiger partial charge < -0.3 is 25.4 Å². The zero-order chi connectivity index (χ0) is 30.6.